The number of allylic oxidation sites excluding steroid dienone is 5. The van der Waals surface area contributed by atoms with Crippen LogP contribution in [0.25, 0.3) is 12.2 Å². The standard InChI is InChI=1S/C32H30N4O2S/c1-31(2)27(26(21-35)30(38-31)23(19-33)20-34)13-12-25-11-10-24(39-25)9-8-22-7-6-16-32-15-4-5-17-36(32)18-14-28(37-3)29(22)32/h6-13,16H,4-5,14-15,17-18H2,1-3H3. The molecule has 5 rings (SSSR count). The molecule has 1 saturated heterocycles. The van der Waals surface area contributed by atoms with E-state index in [1.807, 2.05) is 44.2 Å². The van der Waals surface area contributed by atoms with Crippen LogP contribution in [0, 0.1) is 34.0 Å². The van der Waals surface area contributed by atoms with E-state index in [-0.39, 0.29) is 22.4 Å². The van der Waals surface area contributed by atoms with Crippen LogP contribution < -0.4 is 0 Å². The molecule has 196 valence electrons. The van der Waals surface area contributed by atoms with Crippen molar-refractivity contribution in [3.8, 4) is 18.2 Å². The average molecular weight is 535 g/mol. The van der Waals surface area contributed by atoms with Crippen LogP contribution in [0.2, 0.25) is 0 Å². The molecule has 1 aromatic rings. The Morgan fingerprint density at radius 1 is 1.05 bits per heavy atom. The summed E-state index contributed by atoms with van der Waals surface area (Å²) in [6.07, 6.45) is 19.4. The largest absolute Gasteiger partial charge is 0.501 e. The highest BCUT2D eigenvalue weighted by Crippen LogP contribution is 2.47. The van der Waals surface area contributed by atoms with Crippen molar-refractivity contribution in [3.63, 3.8) is 0 Å². The van der Waals surface area contributed by atoms with Crippen LogP contribution in [-0.2, 0) is 9.47 Å². The number of rotatable bonds is 5. The quantitative estimate of drug-likeness (QED) is 0.389. The fraction of sp³-hybridized carbons (Fsp3) is 0.344. The first-order chi connectivity index (χ1) is 18.9. The van der Waals surface area contributed by atoms with Crippen molar-refractivity contribution in [2.24, 2.45) is 0 Å². The highest BCUT2D eigenvalue weighted by molar-refractivity contribution is 7.13. The van der Waals surface area contributed by atoms with Crippen molar-refractivity contribution in [2.45, 2.75) is 50.7 Å². The second-order valence-electron chi connectivity index (χ2n) is 10.4. The number of methoxy groups -OCH3 is 1. The molecule has 7 heteroatoms. The van der Waals surface area contributed by atoms with Crippen molar-refractivity contribution in [1.82, 2.24) is 4.90 Å². The van der Waals surface area contributed by atoms with E-state index >= 15 is 0 Å². The second-order valence-corrected chi connectivity index (χ2v) is 11.6. The van der Waals surface area contributed by atoms with Gasteiger partial charge in [-0.1, -0.05) is 30.4 Å². The van der Waals surface area contributed by atoms with Gasteiger partial charge in [0.25, 0.3) is 0 Å². The van der Waals surface area contributed by atoms with Crippen molar-refractivity contribution in [1.29, 1.82) is 15.8 Å². The summed E-state index contributed by atoms with van der Waals surface area (Å²) in [6.45, 7) is 5.81. The summed E-state index contributed by atoms with van der Waals surface area (Å²) in [5.41, 5.74) is 2.30. The maximum Gasteiger partial charge on any atom is 0.172 e. The predicted octanol–water partition coefficient (Wildman–Crippen LogP) is 6.73. The van der Waals surface area contributed by atoms with Gasteiger partial charge in [0.1, 0.15) is 35.1 Å². The fourth-order valence-electron chi connectivity index (χ4n) is 6.04. The molecule has 4 heterocycles. The number of nitriles is 3. The fourth-order valence-corrected chi connectivity index (χ4v) is 6.86. The summed E-state index contributed by atoms with van der Waals surface area (Å²) in [6, 6.07) is 9.91. The van der Waals surface area contributed by atoms with Crippen LogP contribution in [0.1, 0.15) is 49.3 Å². The Morgan fingerprint density at radius 3 is 2.49 bits per heavy atom. The number of piperidine rings is 1. The molecular formula is C32H30N4O2S. The molecule has 0 aromatic carbocycles. The van der Waals surface area contributed by atoms with Gasteiger partial charge in [0.05, 0.1) is 12.6 Å². The third-order valence-corrected chi connectivity index (χ3v) is 8.87. The number of hydrogen-bond acceptors (Lipinski definition) is 7. The van der Waals surface area contributed by atoms with Gasteiger partial charge in [-0.15, -0.1) is 11.3 Å². The average Bonchev–Trinajstić information content (AvgIpc) is 3.50. The van der Waals surface area contributed by atoms with Crippen molar-refractivity contribution in [3.05, 3.63) is 91.7 Å². The molecule has 4 aliphatic rings. The van der Waals surface area contributed by atoms with Crippen LogP contribution in [0.5, 0.6) is 0 Å². The Kier molecular flexibility index (Phi) is 7.19. The monoisotopic (exact) mass is 534 g/mol. The second kappa shape index (κ2) is 10.6. The third-order valence-electron chi connectivity index (χ3n) is 7.86. The molecule has 0 bridgehead atoms. The maximum atomic E-state index is 9.76. The van der Waals surface area contributed by atoms with E-state index < -0.39 is 5.60 Å². The molecule has 0 N–H and O–H groups in total. The van der Waals surface area contributed by atoms with Gasteiger partial charge in [-0.2, -0.15) is 15.8 Å². The molecule has 1 spiro atoms. The van der Waals surface area contributed by atoms with Crippen LogP contribution in [0.3, 0.4) is 0 Å². The summed E-state index contributed by atoms with van der Waals surface area (Å²) < 4.78 is 11.8. The Morgan fingerprint density at radius 2 is 1.79 bits per heavy atom. The summed E-state index contributed by atoms with van der Waals surface area (Å²) in [7, 11) is 1.79. The van der Waals surface area contributed by atoms with Crippen molar-refractivity contribution < 1.29 is 9.47 Å². The van der Waals surface area contributed by atoms with E-state index in [9.17, 15) is 15.8 Å². The normalized spacial score (nSPS) is 24.1. The number of thiophene rings is 1. The molecule has 6 nitrogen and oxygen atoms in total. The van der Waals surface area contributed by atoms with Crippen LogP contribution in [0.4, 0.5) is 0 Å². The van der Waals surface area contributed by atoms with Crippen LogP contribution >= 0.6 is 11.3 Å². The topological polar surface area (TPSA) is 93.1 Å². The summed E-state index contributed by atoms with van der Waals surface area (Å²) in [4.78, 5) is 4.76. The minimum Gasteiger partial charge on any atom is -0.501 e. The lowest BCUT2D eigenvalue weighted by Crippen LogP contribution is -2.55. The maximum absolute atomic E-state index is 9.76. The molecule has 1 aromatic heterocycles. The lowest BCUT2D eigenvalue weighted by atomic mass is 9.71. The first-order valence-electron chi connectivity index (χ1n) is 13.1. The third kappa shape index (κ3) is 4.68. The molecule has 1 atom stereocenters. The zero-order valence-electron chi connectivity index (χ0n) is 22.5. The first kappa shape index (κ1) is 26.5. The smallest absolute Gasteiger partial charge is 0.172 e. The highest BCUT2D eigenvalue weighted by atomic mass is 32.1. The zero-order valence-corrected chi connectivity index (χ0v) is 23.3. The molecule has 0 amide bonds. The lowest BCUT2D eigenvalue weighted by molar-refractivity contribution is 0.0858. The Labute approximate surface area is 234 Å². The van der Waals surface area contributed by atoms with Gasteiger partial charge in [-0.25, -0.2) is 0 Å². The molecule has 0 saturated carbocycles. The van der Waals surface area contributed by atoms with Crippen LogP contribution in [-0.4, -0.2) is 36.2 Å². The minimum absolute atomic E-state index is 0.0542. The van der Waals surface area contributed by atoms with E-state index in [2.05, 4.69) is 47.4 Å². The molecule has 0 radical (unpaired) electrons. The van der Waals surface area contributed by atoms with E-state index in [1.54, 1.807) is 18.4 Å². The van der Waals surface area contributed by atoms with Gasteiger partial charge in [-0.3, -0.25) is 4.90 Å². The van der Waals surface area contributed by atoms with E-state index in [0.717, 1.165) is 41.4 Å². The van der Waals surface area contributed by atoms with E-state index in [4.69, 9.17) is 9.47 Å². The SMILES string of the molecule is COC1=C2C(C=Cc3ccc(C=CC4=C(C#N)C(=C(C#N)C#N)OC4(C)C)s3)=CC=CC23CCCCN3CC1. The predicted molar refractivity (Wildman–Crippen MR) is 152 cm³/mol. The Balaban J connectivity index is 1.41. The first-order valence-corrected chi connectivity index (χ1v) is 14.0. The summed E-state index contributed by atoms with van der Waals surface area (Å²) in [5, 5.41) is 28.3. The van der Waals surface area contributed by atoms with E-state index in [0.29, 0.717) is 5.57 Å². The molecular weight excluding hydrogens is 504 g/mol. The summed E-state index contributed by atoms with van der Waals surface area (Å²) in [5.74, 6) is 1.15. The van der Waals surface area contributed by atoms with Gasteiger partial charge >= 0.3 is 0 Å². The molecule has 1 fully saturated rings. The van der Waals surface area contributed by atoms with E-state index in [1.165, 1.54) is 24.0 Å². The highest BCUT2D eigenvalue weighted by Gasteiger charge is 2.46. The lowest BCUT2D eigenvalue weighted by Gasteiger charge is -2.51. The number of nitrogens with zero attached hydrogens (tertiary/aromatic N) is 4. The minimum atomic E-state index is -0.827. The van der Waals surface area contributed by atoms with Gasteiger partial charge in [0, 0.05) is 33.9 Å². The van der Waals surface area contributed by atoms with Gasteiger partial charge < -0.3 is 9.47 Å². The number of ether oxygens (including phenoxy) is 2. The van der Waals surface area contributed by atoms with Crippen molar-refractivity contribution >= 4 is 23.5 Å². The Bertz CT molecular complexity index is 1520. The molecule has 1 unspecified atom stereocenters. The molecule has 39 heavy (non-hydrogen) atoms. The van der Waals surface area contributed by atoms with Gasteiger partial charge in [-0.05, 0) is 69.5 Å². The zero-order chi connectivity index (χ0) is 27.6. The number of hydrogen-bond donors (Lipinski definition) is 0. The van der Waals surface area contributed by atoms with Gasteiger partial charge in [0.15, 0.2) is 11.3 Å². The van der Waals surface area contributed by atoms with Gasteiger partial charge in [0.2, 0.25) is 0 Å². The molecule has 3 aliphatic heterocycles. The summed E-state index contributed by atoms with van der Waals surface area (Å²) >= 11 is 1.65. The van der Waals surface area contributed by atoms with Crippen molar-refractivity contribution in [2.75, 3.05) is 20.2 Å². The van der Waals surface area contributed by atoms with Crippen LogP contribution in [0.15, 0.2) is 81.9 Å². The molecule has 1 aliphatic carbocycles. The Hall–Kier alpha value is -4.09.